The summed E-state index contributed by atoms with van der Waals surface area (Å²) in [5.74, 6) is 0.654. The van der Waals surface area contributed by atoms with Gasteiger partial charge in [0.2, 0.25) is 0 Å². The molecule has 0 bridgehead atoms. The second kappa shape index (κ2) is 4.48. The van der Waals surface area contributed by atoms with Crippen LogP contribution in [0.25, 0.3) is 0 Å². The van der Waals surface area contributed by atoms with Gasteiger partial charge in [0.25, 0.3) is 0 Å². The first-order valence-electron chi connectivity index (χ1n) is 4.56. The van der Waals surface area contributed by atoms with Crippen molar-refractivity contribution in [2.45, 2.75) is 0 Å². The van der Waals surface area contributed by atoms with Crippen molar-refractivity contribution in [3.63, 3.8) is 0 Å². The monoisotopic (exact) mass is 225 g/mol. The summed E-state index contributed by atoms with van der Waals surface area (Å²) in [6.45, 7) is 1.20. The molecule has 0 atom stereocenters. The van der Waals surface area contributed by atoms with Crippen LogP contribution in [-0.4, -0.2) is 48.3 Å². The molecule has 0 saturated heterocycles. The quantitative estimate of drug-likeness (QED) is 0.609. The highest BCUT2D eigenvalue weighted by atomic mass is 32.2. The third kappa shape index (κ3) is 2.20. The van der Waals surface area contributed by atoms with Gasteiger partial charge in [0.15, 0.2) is 5.17 Å². The molecule has 0 spiro atoms. The van der Waals surface area contributed by atoms with E-state index in [1.807, 2.05) is 0 Å². The second-order valence-electron chi connectivity index (χ2n) is 3.02. The highest BCUT2D eigenvalue weighted by Crippen LogP contribution is 2.17. The number of carbonyl (C=O) groups excluding carboxylic acids is 1. The topological polar surface area (TPSA) is 54.3 Å². The van der Waals surface area contributed by atoms with Gasteiger partial charge in [-0.05, 0) is 0 Å². The summed E-state index contributed by atoms with van der Waals surface area (Å²) in [4.78, 5) is 21.4. The summed E-state index contributed by atoms with van der Waals surface area (Å²) in [6, 6.07) is 0. The first-order chi connectivity index (χ1) is 7.31. The number of hydrogen-bond acceptors (Lipinski definition) is 6. The Morgan fingerprint density at radius 3 is 3.20 bits per heavy atom. The molecule has 5 nitrogen and oxygen atoms in total. The maximum absolute atomic E-state index is 11.3. The van der Waals surface area contributed by atoms with E-state index in [-0.39, 0.29) is 5.97 Å². The molecule has 6 heteroatoms. The van der Waals surface area contributed by atoms with Gasteiger partial charge in [0, 0.05) is 12.0 Å². The molecule has 0 aromatic heterocycles. The predicted molar refractivity (Wildman–Crippen MR) is 60.1 cm³/mol. The number of methoxy groups -OCH3 is 1. The van der Waals surface area contributed by atoms with E-state index in [0.717, 1.165) is 17.5 Å². The summed E-state index contributed by atoms with van der Waals surface area (Å²) in [7, 11) is 1.37. The van der Waals surface area contributed by atoms with E-state index in [1.165, 1.54) is 7.11 Å². The standard InChI is InChI=1S/C9H11N3O2S/c1-14-8(13)7-4-10-6-12(5-7)9-11-2-3-15-9/h5-6H,2-4H2,1H3. The van der Waals surface area contributed by atoms with Gasteiger partial charge < -0.3 is 4.74 Å². The molecular weight excluding hydrogens is 214 g/mol. The van der Waals surface area contributed by atoms with Crippen molar-refractivity contribution in [2.75, 3.05) is 26.0 Å². The van der Waals surface area contributed by atoms with Gasteiger partial charge in [-0.1, -0.05) is 11.8 Å². The van der Waals surface area contributed by atoms with E-state index >= 15 is 0 Å². The van der Waals surface area contributed by atoms with Gasteiger partial charge in [-0.15, -0.1) is 0 Å². The van der Waals surface area contributed by atoms with E-state index in [0.29, 0.717) is 12.1 Å². The second-order valence-corrected chi connectivity index (χ2v) is 4.08. The molecule has 0 aliphatic carbocycles. The Balaban J connectivity index is 2.13. The van der Waals surface area contributed by atoms with Gasteiger partial charge in [-0.2, -0.15) is 0 Å². The fraction of sp³-hybridized carbons (Fsp3) is 0.444. The molecule has 2 aliphatic heterocycles. The van der Waals surface area contributed by atoms with Crippen molar-refractivity contribution < 1.29 is 9.53 Å². The summed E-state index contributed by atoms with van der Waals surface area (Å²) < 4.78 is 4.65. The molecule has 80 valence electrons. The molecule has 0 amide bonds. The van der Waals surface area contributed by atoms with E-state index in [4.69, 9.17) is 0 Å². The van der Waals surface area contributed by atoms with Crippen molar-refractivity contribution in [3.8, 4) is 0 Å². The van der Waals surface area contributed by atoms with Crippen molar-refractivity contribution in [3.05, 3.63) is 11.8 Å². The molecule has 0 fully saturated rings. The predicted octanol–water partition coefficient (Wildman–Crippen LogP) is 0.490. The van der Waals surface area contributed by atoms with E-state index in [2.05, 4.69) is 14.7 Å². The van der Waals surface area contributed by atoms with Crippen LogP contribution < -0.4 is 0 Å². The minimum atomic E-state index is -0.333. The number of hydrogen-bond donors (Lipinski definition) is 0. The number of thioether (sulfide) groups is 1. The van der Waals surface area contributed by atoms with Crippen molar-refractivity contribution in [2.24, 2.45) is 9.98 Å². The summed E-state index contributed by atoms with van der Waals surface area (Å²) in [5.41, 5.74) is 0.551. The Labute approximate surface area is 91.9 Å². The first kappa shape index (κ1) is 10.2. The van der Waals surface area contributed by atoms with Crippen molar-refractivity contribution in [1.82, 2.24) is 4.90 Å². The Hall–Kier alpha value is -1.30. The van der Waals surface area contributed by atoms with Gasteiger partial charge in [0.05, 0.1) is 32.1 Å². The third-order valence-electron chi connectivity index (χ3n) is 2.00. The molecule has 0 unspecified atom stereocenters. The number of esters is 1. The number of aliphatic imine (C=N–C) groups is 2. The van der Waals surface area contributed by atoms with Gasteiger partial charge in [-0.3, -0.25) is 14.9 Å². The zero-order chi connectivity index (χ0) is 10.7. The lowest BCUT2D eigenvalue weighted by atomic mass is 10.3. The van der Waals surface area contributed by atoms with Gasteiger partial charge in [0.1, 0.15) is 0 Å². The molecule has 0 aromatic carbocycles. The fourth-order valence-electron chi connectivity index (χ4n) is 1.30. The Morgan fingerprint density at radius 1 is 1.67 bits per heavy atom. The molecule has 2 aliphatic rings. The first-order valence-corrected chi connectivity index (χ1v) is 5.54. The van der Waals surface area contributed by atoms with Crippen LogP contribution in [-0.2, 0) is 9.53 Å². The lowest BCUT2D eigenvalue weighted by Crippen LogP contribution is -2.26. The minimum absolute atomic E-state index is 0.333. The Morgan fingerprint density at radius 2 is 2.53 bits per heavy atom. The molecule has 15 heavy (non-hydrogen) atoms. The van der Waals surface area contributed by atoms with Gasteiger partial charge >= 0.3 is 5.97 Å². The number of rotatable bonds is 1. The zero-order valence-corrected chi connectivity index (χ0v) is 9.16. The van der Waals surface area contributed by atoms with Crippen LogP contribution in [0.5, 0.6) is 0 Å². The van der Waals surface area contributed by atoms with Crippen molar-refractivity contribution >= 4 is 29.2 Å². The minimum Gasteiger partial charge on any atom is -0.466 e. The normalized spacial score (nSPS) is 19.9. The molecule has 0 radical (unpaired) electrons. The van der Waals surface area contributed by atoms with Crippen LogP contribution in [0.3, 0.4) is 0 Å². The third-order valence-corrected chi connectivity index (χ3v) is 2.99. The fourth-order valence-corrected chi connectivity index (χ4v) is 2.10. The number of ether oxygens (including phenoxy) is 1. The van der Waals surface area contributed by atoms with Crippen LogP contribution >= 0.6 is 11.8 Å². The summed E-state index contributed by atoms with van der Waals surface area (Å²) >= 11 is 1.66. The largest absolute Gasteiger partial charge is 0.466 e. The molecule has 0 N–H and O–H groups in total. The van der Waals surface area contributed by atoms with Gasteiger partial charge in [-0.25, -0.2) is 4.79 Å². The number of nitrogens with zero attached hydrogens (tertiary/aromatic N) is 3. The van der Waals surface area contributed by atoms with Crippen LogP contribution in [0.2, 0.25) is 0 Å². The number of carbonyl (C=O) groups is 1. The lowest BCUT2D eigenvalue weighted by Gasteiger charge is -2.18. The molecule has 0 saturated carbocycles. The lowest BCUT2D eigenvalue weighted by molar-refractivity contribution is -0.136. The van der Waals surface area contributed by atoms with E-state index in [1.54, 1.807) is 29.2 Å². The highest BCUT2D eigenvalue weighted by Gasteiger charge is 2.19. The smallest absolute Gasteiger partial charge is 0.337 e. The maximum atomic E-state index is 11.3. The van der Waals surface area contributed by atoms with Crippen LogP contribution in [0.1, 0.15) is 0 Å². The number of amidine groups is 1. The molecular formula is C9H11N3O2S. The average Bonchev–Trinajstić information content (AvgIpc) is 2.82. The van der Waals surface area contributed by atoms with E-state index in [9.17, 15) is 4.79 Å². The molecule has 2 heterocycles. The SMILES string of the molecule is COC(=O)C1=CN(C2=NCCS2)C=NC1. The van der Waals surface area contributed by atoms with Crippen LogP contribution in [0, 0.1) is 0 Å². The Kier molecular flexibility index (Phi) is 3.05. The van der Waals surface area contributed by atoms with Crippen molar-refractivity contribution in [1.29, 1.82) is 0 Å². The maximum Gasteiger partial charge on any atom is 0.337 e. The van der Waals surface area contributed by atoms with Crippen LogP contribution in [0.15, 0.2) is 21.8 Å². The summed E-state index contributed by atoms with van der Waals surface area (Å²) in [6.07, 6.45) is 3.42. The zero-order valence-electron chi connectivity index (χ0n) is 8.34. The average molecular weight is 225 g/mol. The van der Waals surface area contributed by atoms with Crippen LogP contribution in [0.4, 0.5) is 0 Å². The van der Waals surface area contributed by atoms with E-state index < -0.39 is 0 Å². The molecule has 0 aromatic rings. The highest BCUT2D eigenvalue weighted by molar-refractivity contribution is 8.14. The summed E-state index contributed by atoms with van der Waals surface area (Å²) in [5, 5.41) is 0.889. The molecule has 2 rings (SSSR count). The Bertz CT molecular complexity index is 362.